The molecule has 0 amide bonds. The molecule has 4 aliphatic carbocycles. The minimum absolute atomic E-state index is 0.0496. The van der Waals surface area contributed by atoms with Crippen LogP contribution in [0.1, 0.15) is 65.2 Å². The molecule has 3 aliphatic heterocycles. The van der Waals surface area contributed by atoms with E-state index in [1.165, 1.54) is 0 Å². The molecule has 38 heavy (non-hydrogen) atoms. The van der Waals surface area contributed by atoms with Gasteiger partial charge in [0, 0.05) is 17.9 Å². The van der Waals surface area contributed by atoms with Crippen molar-refractivity contribution in [3.63, 3.8) is 0 Å². The summed E-state index contributed by atoms with van der Waals surface area (Å²) in [6.45, 7) is 4.19. The number of fused-ring (bicyclic) bond motifs is 7. The van der Waals surface area contributed by atoms with Crippen LogP contribution in [0, 0.1) is 28.6 Å². The number of ketones is 1. The fourth-order valence-corrected chi connectivity index (χ4v) is 9.48. The Morgan fingerprint density at radius 2 is 1.87 bits per heavy atom. The van der Waals surface area contributed by atoms with Crippen molar-refractivity contribution in [1.82, 2.24) is 0 Å². The molecule has 3 heterocycles. The first-order chi connectivity index (χ1) is 18.0. The SMILES string of the molecule is C[C@@H]1CC(=O)[C@]2(O)O[C@@H]3CC4=CC[C@@H]5[C@H](CC[C@]6(C)[C@@H](C7=CC(=O)OC7)CC[C@]56O)[C@@]4(C=O)C[C@H]3O[C@@H]2O1. The monoisotopic (exact) mass is 528 g/mol. The summed E-state index contributed by atoms with van der Waals surface area (Å²) in [4.78, 5) is 37.5. The standard InChI is InChI=1S/C29H36O9/c1-15-9-23(31)29(34)25(36-15)37-22-12-27(14-30)17(11-21(22)38-29)3-4-20-19(27)5-7-26(2)18(6-8-28(20,26)33)16-10-24(32)35-13-16/h3,10,14-15,18-22,25,33-34H,4-9,11-13H2,1-2H3/t15-,18-,19+,20-,21-,22-,25+,26-,27-,28+,29+/m1/s1. The fourth-order valence-electron chi connectivity index (χ4n) is 9.48. The Morgan fingerprint density at radius 3 is 2.61 bits per heavy atom. The maximum atomic E-state index is 13.1. The molecule has 0 bridgehead atoms. The molecule has 0 aromatic carbocycles. The highest BCUT2D eigenvalue weighted by molar-refractivity contribution is 5.87. The Morgan fingerprint density at radius 1 is 1.05 bits per heavy atom. The van der Waals surface area contributed by atoms with Crippen LogP contribution in [0.2, 0.25) is 0 Å². The van der Waals surface area contributed by atoms with Crippen molar-refractivity contribution in [2.45, 2.75) is 101 Å². The maximum absolute atomic E-state index is 13.1. The molecule has 11 atom stereocenters. The summed E-state index contributed by atoms with van der Waals surface area (Å²) in [5, 5.41) is 23.4. The third kappa shape index (κ3) is 3.08. The number of cyclic esters (lactones) is 1. The minimum Gasteiger partial charge on any atom is -0.458 e. The molecule has 9 heteroatoms. The number of carbonyl (C=O) groups excluding carboxylic acids is 3. The molecule has 7 rings (SSSR count). The lowest BCUT2D eigenvalue weighted by molar-refractivity contribution is -0.407. The zero-order valence-electron chi connectivity index (χ0n) is 21.9. The zero-order chi connectivity index (χ0) is 26.7. The van der Waals surface area contributed by atoms with Crippen molar-refractivity contribution < 1.29 is 43.5 Å². The van der Waals surface area contributed by atoms with E-state index in [1.807, 2.05) is 0 Å². The number of carbonyl (C=O) groups is 3. The molecular formula is C29H36O9. The second kappa shape index (κ2) is 8.07. The number of esters is 1. The second-order valence-electron chi connectivity index (χ2n) is 13.0. The largest absolute Gasteiger partial charge is 0.458 e. The lowest BCUT2D eigenvalue weighted by atomic mass is 9.45. The lowest BCUT2D eigenvalue weighted by Gasteiger charge is -2.62. The average Bonchev–Trinajstić information content (AvgIpc) is 3.42. The van der Waals surface area contributed by atoms with Crippen molar-refractivity contribution in [2.75, 3.05) is 6.61 Å². The number of hydrogen-bond donors (Lipinski definition) is 2. The van der Waals surface area contributed by atoms with Crippen LogP contribution in [0.5, 0.6) is 0 Å². The lowest BCUT2D eigenvalue weighted by Crippen LogP contribution is -2.69. The first kappa shape index (κ1) is 25.1. The summed E-state index contributed by atoms with van der Waals surface area (Å²) in [7, 11) is 0. The van der Waals surface area contributed by atoms with Crippen LogP contribution in [0.25, 0.3) is 0 Å². The highest BCUT2D eigenvalue weighted by Crippen LogP contribution is 2.69. The van der Waals surface area contributed by atoms with Crippen molar-refractivity contribution in [3.05, 3.63) is 23.3 Å². The third-order valence-corrected chi connectivity index (χ3v) is 11.4. The number of allylic oxidation sites excluding steroid dienone is 1. The number of ether oxygens (including phenoxy) is 4. The first-order valence-corrected chi connectivity index (χ1v) is 14.0. The van der Waals surface area contributed by atoms with Gasteiger partial charge in [0.1, 0.15) is 12.9 Å². The number of rotatable bonds is 2. The second-order valence-corrected chi connectivity index (χ2v) is 13.0. The number of aliphatic hydroxyl groups is 2. The van der Waals surface area contributed by atoms with Gasteiger partial charge in [0.05, 0.1) is 29.3 Å². The van der Waals surface area contributed by atoms with Crippen LogP contribution < -0.4 is 0 Å². The molecular weight excluding hydrogens is 492 g/mol. The molecule has 0 spiro atoms. The van der Waals surface area contributed by atoms with E-state index < -0.39 is 52.6 Å². The summed E-state index contributed by atoms with van der Waals surface area (Å²) in [5.74, 6) is -2.99. The van der Waals surface area contributed by atoms with Crippen molar-refractivity contribution >= 4 is 18.0 Å². The van der Waals surface area contributed by atoms with Gasteiger partial charge in [-0.1, -0.05) is 18.6 Å². The van der Waals surface area contributed by atoms with Crippen molar-refractivity contribution in [1.29, 1.82) is 0 Å². The van der Waals surface area contributed by atoms with Gasteiger partial charge in [0.15, 0.2) is 5.78 Å². The zero-order valence-corrected chi connectivity index (χ0v) is 21.9. The van der Waals surface area contributed by atoms with E-state index in [9.17, 15) is 24.6 Å². The van der Waals surface area contributed by atoms with Gasteiger partial charge in [-0.05, 0) is 75.2 Å². The minimum atomic E-state index is -2.13. The number of hydrogen-bond acceptors (Lipinski definition) is 9. The molecule has 7 aliphatic rings. The fraction of sp³-hybridized carbons (Fsp3) is 0.759. The van der Waals surface area contributed by atoms with Crippen LogP contribution in [0.4, 0.5) is 0 Å². The van der Waals surface area contributed by atoms with Gasteiger partial charge in [-0.3, -0.25) is 4.79 Å². The van der Waals surface area contributed by atoms with E-state index in [0.29, 0.717) is 32.3 Å². The van der Waals surface area contributed by atoms with Crippen LogP contribution in [0.3, 0.4) is 0 Å². The van der Waals surface area contributed by atoms with Crippen molar-refractivity contribution in [3.8, 4) is 0 Å². The molecule has 0 aromatic heterocycles. The smallest absolute Gasteiger partial charge is 0.331 e. The van der Waals surface area contributed by atoms with Gasteiger partial charge >= 0.3 is 5.97 Å². The number of aldehydes is 1. The van der Waals surface area contributed by atoms with Crippen molar-refractivity contribution in [2.24, 2.45) is 28.6 Å². The summed E-state index contributed by atoms with van der Waals surface area (Å²) in [6, 6.07) is 0. The molecule has 2 saturated heterocycles. The molecule has 0 radical (unpaired) electrons. The van der Waals surface area contributed by atoms with E-state index in [0.717, 1.165) is 36.7 Å². The Bertz CT molecular complexity index is 1160. The Labute approximate surface area is 221 Å². The third-order valence-electron chi connectivity index (χ3n) is 11.4. The predicted molar refractivity (Wildman–Crippen MR) is 130 cm³/mol. The van der Waals surface area contributed by atoms with Crippen LogP contribution in [0.15, 0.2) is 23.3 Å². The quantitative estimate of drug-likeness (QED) is 0.315. The van der Waals surface area contributed by atoms with E-state index >= 15 is 0 Å². The summed E-state index contributed by atoms with van der Waals surface area (Å²) in [6.07, 6.45) is 6.38. The van der Waals surface area contributed by atoms with Gasteiger partial charge in [-0.25, -0.2) is 4.79 Å². The Kier molecular flexibility index (Phi) is 5.33. The van der Waals surface area contributed by atoms with E-state index in [2.05, 4.69) is 13.0 Å². The highest BCUT2D eigenvalue weighted by Gasteiger charge is 2.69. The van der Waals surface area contributed by atoms with Gasteiger partial charge in [0.2, 0.25) is 6.29 Å². The molecule has 0 aromatic rings. The normalized spacial score (nSPS) is 53.4. The van der Waals surface area contributed by atoms with Crippen LogP contribution in [-0.2, 0) is 33.3 Å². The molecule has 0 unspecified atom stereocenters. The van der Waals surface area contributed by atoms with Gasteiger partial charge in [0.25, 0.3) is 5.79 Å². The molecule has 2 N–H and O–H groups in total. The Hall–Kier alpha value is -1.91. The maximum Gasteiger partial charge on any atom is 0.331 e. The summed E-state index contributed by atoms with van der Waals surface area (Å²) >= 11 is 0. The highest BCUT2D eigenvalue weighted by atomic mass is 16.8. The van der Waals surface area contributed by atoms with Gasteiger partial charge in [-0.15, -0.1) is 0 Å². The van der Waals surface area contributed by atoms with E-state index in [-0.39, 0.29) is 30.1 Å². The van der Waals surface area contributed by atoms with Crippen LogP contribution >= 0.6 is 0 Å². The molecule has 206 valence electrons. The van der Waals surface area contributed by atoms with E-state index in [1.54, 1.807) is 13.0 Å². The Balaban J connectivity index is 1.21. The number of Topliss-reactive ketones (excluding diaryl/α,β-unsaturated/α-hetero) is 1. The molecule has 3 saturated carbocycles. The molecule has 9 nitrogen and oxygen atoms in total. The van der Waals surface area contributed by atoms with E-state index in [4.69, 9.17) is 18.9 Å². The first-order valence-electron chi connectivity index (χ1n) is 14.0. The summed E-state index contributed by atoms with van der Waals surface area (Å²) < 4.78 is 23.2. The summed E-state index contributed by atoms with van der Waals surface area (Å²) in [5.41, 5.74) is -0.263. The van der Waals surface area contributed by atoms with Gasteiger partial charge in [-0.2, -0.15) is 0 Å². The van der Waals surface area contributed by atoms with Crippen LogP contribution in [-0.4, -0.2) is 70.8 Å². The predicted octanol–water partition coefficient (Wildman–Crippen LogP) is 2.13. The molecule has 5 fully saturated rings. The topological polar surface area (TPSA) is 129 Å². The average molecular weight is 529 g/mol. The van der Waals surface area contributed by atoms with Gasteiger partial charge < -0.3 is 34.0 Å².